The van der Waals surface area contributed by atoms with E-state index in [1.54, 1.807) is 19.2 Å². The minimum Gasteiger partial charge on any atom is -0.480 e. The molecule has 18 heavy (non-hydrogen) atoms. The topological polar surface area (TPSA) is 116 Å². The average Bonchev–Trinajstić information content (AvgIpc) is 2.25. The highest BCUT2D eigenvalue weighted by Crippen LogP contribution is 2.37. The smallest absolute Gasteiger partial charge is 0.480 e. The maximum Gasteiger partial charge on any atom is 0.524 e. The van der Waals surface area contributed by atoms with Crippen LogP contribution in [0.1, 0.15) is 5.56 Å². The third-order valence-corrected chi connectivity index (χ3v) is 2.68. The van der Waals surface area contributed by atoms with Crippen LogP contribution >= 0.6 is 7.82 Å². The molecule has 0 saturated carbocycles. The van der Waals surface area contributed by atoms with Gasteiger partial charge in [0.25, 0.3) is 0 Å². The fourth-order valence-corrected chi connectivity index (χ4v) is 1.77. The molecular formula is C10H14NO6P. The first-order valence-corrected chi connectivity index (χ1v) is 6.59. The number of likely N-dealkylation sites (N-methyl/N-ethyl adjacent to an activating group) is 1. The molecule has 1 aromatic rings. The van der Waals surface area contributed by atoms with E-state index in [1.807, 2.05) is 0 Å². The Bertz CT molecular complexity index is 454. The lowest BCUT2D eigenvalue weighted by Crippen LogP contribution is -2.35. The summed E-state index contributed by atoms with van der Waals surface area (Å²) in [5.74, 6) is -0.934. The van der Waals surface area contributed by atoms with Gasteiger partial charge in [0.15, 0.2) is 0 Å². The van der Waals surface area contributed by atoms with Crippen molar-refractivity contribution in [1.29, 1.82) is 0 Å². The maximum absolute atomic E-state index is 10.8. The minimum absolute atomic E-state index is 0.0309. The van der Waals surface area contributed by atoms with Gasteiger partial charge in [-0.3, -0.25) is 14.6 Å². The van der Waals surface area contributed by atoms with Gasteiger partial charge in [0.05, 0.1) is 0 Å². The zero-order chi connectivity index (χ0) is 13.8. The number of carbonyl (C=O) groups is 1. The van der Waals surface area contributed by atoms with Gasteiger partial charge in [-0.1, -0.05) is 12.1 Å². The number of rotatable bonds is 6. The number of carboxylic acids is 1. The van der Waals surface area contributed by atoms with Crippen molar-refractivity contribution in [2.45, 2.75) is 12.5 Å². The van der Waals surface area contributed by atoms with E-state index in [9.17, 15) is 9.36 Å². The summed E-state index contributed by atoms with van der Waals surface area (Å²) in [5.41, 5.74) is 0.717. The molecule has 0 aliphatic heterocycles. The predicted octanol–water partition coefficient (Wildman–Crippen LogP) is 0.373. The number of phosphoric acid groups is 1. The third-order valence-electron chi connectivity index (χ3n) is 2.23. The first kappa shape index (κ1) is 14.7. The highest BCUT2D eigenvalue weighted by atomic mass is 31.2. The number of hydrogen-bond donors (Lipinski definition) is 4. The second-order valence-electron chi connectivity index (χ2n) is 3.61. The van der Waals surface area contributed by atoms with Crippen LogP contribution in [0, 0.1) is 0 Å². The lowest BCUT2D eigenvalue weighted by atomic mass is 10.1. The van der Waals surface area contributed by atoms with Gasteiger partial charge in [0.2, 0.25) is 0 Å². The Morgan fingerprint density at radius 1 is 1.39 bits per heavy atom. The SMILES string of the molecule is CNC(Cc1ccc(OP(=O)(O)O)cc1)C(=O)O. The monoisotopic (exact) mass is 275 g/mol. The Hall–Kier alpha value is -1.40. The number of hydrogen-bond acceptors (Lipinski definition) is 4. The fraction of sp³-hybridized carbons (Fsp3) is 0.300. The molecular weight excluding hydrogens is 261 g/mol. The summed E-state index contributed by atoms with van der Waals surface area (Å²) < 4.78 is 15.0. The number of carboxylic acid groups (broad SMARTS) is 1. The van der Waals surface area contributed by atoms with E-state index < -0.39 is 19.8 Å². The molecule has 1 atom stereocenters. The number of phosphoric ester groups is 1. The van der Waals surface area contributed by atoms with Gasteiger partial charge in [-0.05, 0) is 31.2 Å². The van der Waals surface area contributed by atoms with Crippen molar-refractivity contribution >= 4 is 13.8 Å². The van der Waals surface area contributed by atoms with E-state index >= 15 is 0 Å². The molecule has 0 spiro atoms. The minimum atomic E-state index is -4.56. The highest BCUT2D eigenvalue weighted by Gasteiger charge is 2.17. The summed E-state index contributed by atoms with van der Waals surface area (Å²) in [5, 5.41) is 11.5. The quantitative estimate of drug-likeness (QED) is 0.554. The van der Waals surface area contributed by atoms with Gasteiger partial charge in [-0.2, -0.15) is 0 Å². The van der Waals surface area contributed by atoms with Crippen molar-refractivity contribution in [3.63, 3.8) is 0 Å². The summed E-state index contributed by atoms with van der Waals surface area (Å²) in [6.07, 6.45) is 0.266. The predicted molar refractivity (Wildman–Crippen MR) is 63.3 cm³/mol. The molecule has 0 saturated heterocycles. The van der Waals surface area contributed by atoms with Crippen LogP contribution in [0.15, 0.2) is 24.3 Å². The molecule has 8 heteroatoms. The van der Waals surface area contributed by atoms with Crippen LogP contribution in [0.25, 0.3) is 0 Å². The Kier molecular flexibility index (Phi) is 4.86. The van der Waals surface area contributed by atoms with Gasteiger partial charge >= 0.3 is 13.8 Å². The van der Waals surface area contributed by atoms with Crippen molar-refractivity contribution in [1.82, 2.24) is 5.32 Å². The molecule has 0 aliphatic carbocycles. The average molecular weight is 275 g/mol. The molecule has 7 nitrogen and oxygen atoms in total. The molecule has 0 heterocycles. The lowest BCUT2D eigenvalue weighted by molar-refractivity contribution is -0.139. The molecule has 0 amide bonds. The molecule has 0 bridgehead atoms. The highest BCUT2D eigenvalue weighted by molar-refractivity contribution is 7.46. The Morgan fingerprint density at radius 3 is 2.33 bits per heavy atom. The van der Waals surface area contributed by atoms with Gasteiger partial charge in [-0.25, -0.2) is 4.57 Å². The van der Waals surface area contributed by atoms with E-state index in [2.05, 4.69) is 9.84 Å². The Labute approximate surface area is 104 Å². The molecule has 0 aromatic heterocycles. The largest absolute Gasteiger partial charge is 0.524 e. The van der Waals surface area contributed by atoms with E-state index in [4.69, 9.17) is 14.9 Å². The van der Waals surface area contributed by atoms with Crippen molar-refractivity contribution in [2.24, 2.45) is 0 Å². The van der Waals surface area contributed by atoms with Crippen LogP contribution in [0.2, 0.25) is 0 Å². The summed E-state index contributed by atoms with van der Waals surface area (Å²) in [6, 6.07) is 5.15. The van der Waals surface area contributed by atoms with Crippen LogP contribution in [-0.4, -0.2) is 34.0 Å². The standard InChI is InChI=1S/C10H14NO6P/c1-11-9(10(12)13)6-7-2-4-8(5-3-7)17-18(14,15)16/h2-5,9,11H,6H2,1H3,(H,12,13)(H2,14,15,16). The number of benzene rings is 1. The maximum atomic E-state index is 10.8. The lowest BCUT2D eigenvalue weighted by Gasteiger charge is -2.11. The second-order valence-corrected chi connectivity index (χ2v) is 4.77. The molecule has 100 valence electrons. The van der Waals surface area contributed by atoms with E-state index in [1.165, 1.54) is 12.1 Å². The van der Waals surface area contributed by atoms with Crippen LogP contribution < -0.4 is 9.84 Å². The van der Waals surface area contributed by atoms with Gasteiger partial charge in [0, 0.05) is 0 Å². The summed E-state index contributed by atoms with van der Waals surface area (Å²) in [7, 11) is -3.01. The van der Waals surface area contributed by atoms with Crippen LogP contribution in [0.3, 0.4) is 0 Å². The van der Waals surface area contributed by atoms with Gasteiger partial charge < -0.3 is 14.9 Å². The molecule has 0 fully saturated rings. The number of aliphatic carboxylic acids is 1. The summed E-state index contributed by atoms with van der Waals surface area (Å²) in [6.45, 7) is 0. The van der Waals surface area contributed by atoms with Crippen molar-refractivity contribution in [2.75, 3.05) is 7.05 Å². The van der Waals surface area contributed by atoms with Crippen molar-refractivity contribution in [3.05, 3.63) is 29.8 Å². The number of nitrogens with one attached hydrogen (secondary N) is 1. The van der Waals surface area contributed by atoms with Crippen molar-refractivity contribution in [3.8, 4) is 5.75 Å². The molecule has 1 aromatic carbocycles. The van der Waals surface area contributed by atoms with E-state index in [-0.39, 0.29) is 12.2 Å². The first-order valence-electron chi connectivity index (χ1n) is 5.06. The van der Waals surface area contributed by atoms with Gasteiger partial charge in [0.1, 0.15) is 11.8 Å². The summed E-state index contributed by atoms with van der Waals surface area (Å²) >= 11 is 0. The third kappa shape index (κ3) is 4.85. The van der Waals surface area contributed by atoms with Crippen LogP contribution in [0.4, 0.5) is 0 Å². The normalized spacial score (nSPS) is 13.1. The molecule has 1 unspecified atom stereocenters. The van der Waals surface area contributed by atoms with E-state index in [0.717, 1.165) is 5.56 Å². The summed E-state index contributed by atoms with van der Waals surface area (Å²) in [4.78, 5) is 28.0. The van der Waals surface area contributed by atoms with Crippen molar-refractivity contribution < 1.29 is 28.8 Å². The Morgan fingerprint density at radius 2 is 1.94 bits per heavy atom. The Balaban J connectivity index is 2.71. The van der Waals surface area contributed by atoms with Crippen LogP contribution in [0.5, 0.6) is 5.75 Å². The van der Waals surface area contributed by atoms with E-state index in [0.29, 0.717) is 0 Å². The molecule has 0 aliphatic rings. The van der Waals surface area contributed by atoms with Crippen LogP contribution in [-0.2, 0) is 15.8 Å². The zero-order valence-corrected chi connectivity index (χ0v) is 10.5. The molecule has 4 N–H and O–H groups in total. The second kappa shape index (κ2) is 5.97. The molecule has 1 rings (SSSR count). The fourth-order valence-electron chi connectivity index (χ4n) is 1.37. The first-order chi connectivity index (χ1) is 8.31. The zero-order valence-electron chi connectivity index (χ0n) is 9.61. The molecule has 0 radical (unpaired) electrons. The van der Waals surface area contributed by atoms with Gasteiger partial charge in [-0.15, -0.1) is 0 Å².